The highest BCUT2D eigenvalue weighted by molar-refractivity contribution is 6.33. The van der Waals surface area contributed by atoms with Crippen LogP contribution in [0.4, 0.5) is 5.69 Å². The first kappa shape index (κ1) is 16.9. The molecule has 0 unspecified atom stereocenters. The van der Waals surface area contributed by atoms with Crippen LogP contribution in [0.15, 0.2) is 12.1 Å². The summed E-state index contributed by atoms with van der Waals surface area (Å²) < 4.78 is 5.24. The van der Waals surface area contributed by atoms with Crippen LogP contribution >= 0.6 is 24.0 Å². The fourth-order valence-corrected chi connectivity index (χ4v) is 2.51. The van der Waals surface area contributed by atoms with Crippen molar-refractivity contribution in [2.75, 3.05) is 25.9 Å². The Labute approximate surface area is 130 Å². The molecule has 1 aromatic rings. The van der Waals surface area contributed by atoms with E-state index in [9.17, 15) is 4.79 Å². The topological polar surface area (TPSA) is 55.6 Å². The molecule has 1 aliphatic heterocycles. The van der Waals surface area contributed by atoms with E-state index in [2.05, 4.69) is 0 Å². The first-order valence-corrected chi connectivity index (χ1v) is 6.93. The van der Waals surface area contributed by atoms with Crippen molar-refractivity contribution in [1.82, 2.24) is 4.90 Å². The van der Waals surface area contributed by atoms with Crippen LogP contribution in [0, 0.1) is 0 Å². The number of ether oxygens (including phenoxy) is 1. The number of nitrogen functional groups attached to an aromatic ring is 1. The number of hydrogen-bond donors (Lipinski definition) is 1. The van der Waals surface area contributed by atoms with Gasteiger partial charge in [-0.3, -0.25) is 4.79 Å². The molecule has 1 aromatic carbocycles. The summed E-state index contributed by atoms with van der Waals surface area (Å²) in [7, 11) is 1.53. The fraction of sp³-hybridized carbons (Fsp3) is 0.500. The Morgan fingerprint density at radius 2 is 1.85 bits per heavy atom. The number of carbonyl (C=O) groups excluding carboxylic acids is 1. The van der Waals surface area contributed by atoms with Gasteiger partial charge >= 0.3 is 0 Å². The Morgan fingerprint density at radius 1 is 1.25 bits per heavy atom. The lowest BCUT2D eigenvalue weighted by atomic mass is 10.1. The van der Waals surface area contributed by atoms with E-state index < -0.39 is 0 Å². The molecule has 0 bridgehead atoms. The van der Waals surface area contributed by atoms with Crippen LogP contribution in [0.5, 0.6) is 5.75 Å². The van der Waals surface area contributed by atoms with E-state index in [-0.39, 0.29) is 18.3 Å². The number of benzene rings is 1. The maximum absolute atomic E-state index is 12.5. The van der Waals surface area contributed by atoms with Gasteiger partial charge in [0.2, 0.25) is 0 Å². The summed E-state index contributed by atoms with van der Waals surface area (Å²) in [5, 5.41) is 0.388. The molecular formula is C14H20Cl2N2O2. The number of amides is 1. The second kappa shape index (κ2) is 7.60. The van der Waals surface area contributed by atoms with Crippen molar-refractivity contribution in [3.05, 3.63) is 22.7 Å². The summed E-state index contributed by atoms with van der Waals surface area (Å²) in [6.45, 7) is 1.59. The van der Waals surface area contributed by atoms with E-state index in [0.717, 1.165) is 25.9 Å². The minimum Gasteiger partial charge on any atom is -0.496 e. The number of likely N-dealkylation sites (tertiary alicyclic amines) is 1. The standard InChI is InChI=1S/C14H19ClN2O2.ClH/c1-19-13-9-12(16)11(15)8-10(13)14(18)17-6-4-2-3-5-7-17;/h8-9H,2-7,16H2,1H3;1H. The molecule has 0 atom stereocenters. The average molecular weight is 319 g/mol. The van der Waals surface area contributed by atoms with Crippen LogP contribution in [-0.4, -0.2) is 31.0 Å². The maximum Gasteiger partial charge on any atom is 0.257 e. The van der Waals surface area contributed by atoms with Crippen molar-refractivity contribution in [3.63, 3.8) is 0 Å². The van der Waals surface area contributed by atoms with Gasteiger partial charge in [-0.25, -0.2) is 0 Å². The average Bonchev–Trinajstić information content (AvgIpc) is 2.69. The predicted octanol–water partition coefficient (Wildman–Crippen LogP) is 3.37. The molecule has 0 aliphatic carbocycles. The molecule has 1 aliphatic rings. The van der Waals surface area contributed by atoms with Gasteiger partial charge in [-0.1, -0.05) is 24.4 Å². The molecule has 112 valence electrons. The van der Waals surface area contributed by atoms with Crippen molar-refractivity contribution in [1.29, 1.82) is 0 Å². The number of halogens is 2. The van der Waals surface area contributed by atoms with Gasteiger partial charge in [0.1, 0.15) is 5.75 Å². The van der Waals surface area contributed by atoms with Gasteiger partial charge in [0.15, 0.2) is 0 Å². The second-order valence-corrected chi connectivity index (χ2v) is 5.19. The zero-order chi connectivity index (χ0) is 13.8. The number of anilines is 1. The first-order chi connectivity index (χ1) is 9.13. The van der Waals surface area contributed by atoms with E-state index >= 15 is 0 Å². The molecule has 0 saturated carbocycles. The lowest BCUT2D eigenvalue weighted by Crippen LogP contribution is -2.32. The molecule has 20 heavy (non-hydrogen) atoms. The number of nitrogens with two attached hydrogens (primary N) is 1. The quantitative estimate of drug-likeness (QED) is 0.850. The normalized spacial score (nSPS) is 15.2. The minimum atomic E-state index is -0.0272. The molecule has 2 rings (SSSR count). The molecule has 1 amide bonds. The van der Waals surface area contributed by atoms with Crippen LogP contribution in [0.2, 0.25) is 5.02 Å². The molecule has 1 heterocycles. The largest absolute Gasteiger partial charge is 0.496 e. The summed E-state index contributed by atoms with van der Waals surface area (Å²) in [5.41, 5.74) is 6.64. The molecule has 0 spiro atoms. The third kappa shape index (κ3) is 3.70. The van der Waals surface area contributed by atoms with Crippen molar-refractivity contribution in [3.8, 4) is 5.75 Å². The highest BCUT2D eigenvalue weighted by Gasteiger charge is 2.21. The monoisotopic (exact) mass is 318 g/mol. The Bertz CT molecular complexity index is 472. The molecule has 0 radical (unpaired) electrons. The number of hydrogen-bond acceptors (Lipinski definition) is 3. The zero-order valence-corrected chi connectivity index (χ0v) is 13.1. The summed E-state index contributed by atoms with van der Waals surface area (Å²) >= 11 is 6.01. The predicted molar refractivity (Wildman–Crippen MR) is 84.0 cm³/mol. The molecule has 1 saturated heterocycles. The van der Waals surface area contributed by atoms with Crippen LogP contribution in [0.25, 0.3) is 0 Å². The highest BCUT2D eigenvalue weighted by Crippen LogP contribution is 2.30. The van der Waals surface area contributed by atoms with E-state index in [1.54, 1.807) is 12.1 Å². The van der Waals surface area contributed by atoms with Gasteiger partial charge < -0.3 is 15.4 Å². The fourth-order valence-electron chi connectivity index (χ4n) is 2.35. The van der Waals surface area contributed by atoms with Crippen LogP contribution in [-0.2, 0) is 0 Å². The number of nitrogens with zero attached hydrogens (tertiary/aromatic N) is 1. The molecular weight excluding hydrogens is 299 g/mol. The highest BCUT2D eigenvalue weighted by atomic mass is 35.5. The van der Waals surface area contributed by atoms with Gasteiger partial charge in [-0.2, -0.15) is 0 Å². The minimum absolute atomic E-state index is 0. The van der Waals surface area contributed by atoms with E-state index in [4.69, 9.17) is 22.1 Å². The zero-order valence-electron chi connectivity index (χ0n) is 11.5. The third-order valence-electron chi connectivity index (χ3n) is 3.44. The summed E-state index contributed by atoms with van der Waals surface area (Å²) in [6.07, 6.45) is 4.47. The Kier molecular flexibility index (Phi) is 6.43. The second-order valence-electron chi connectivity index (χ2n) is 4.78. The number of carbonyl (C=O) groups is 1. The van der Waals surface area contributed by atoms with E-state index in [1.165, 1.54) is 20.0 Å². The van der Waals surface area contributed by atoms with Crippen LogP contribution < -0.4 is 10.5 Å². The Hall–Kier alpha value is -1.13. The summed E-state index contributed by atoms with van der Waals surface area (Å²) in [5.74, 6) is 0.455. The third-order valence-corrected chi connectivity index (χ3v) is 3.77. The van der Waals surface area contributed by atoms with Gasteiger partial charge in [-0.05, 0) is 18.9 Å². The molecule has 4 nitrogen and oxygen atoms in total. The van der Waals surface area contributed by atoms with Crippen LogP contribution in [0.1, 0.15) is 36.0 Å². The van der Waals surface area contributed by atoms with Crippen LogP contribution in [0.3, 0.4) is 0 Å². The molecule has 1 fully saturated rings. The van der Waals surface area contributed by atoms with Gasteiger partial charge in [-0.15, -0.1) is 12.4 Å². The summed E-state index contributed by atoms with van der Waals surface area (Å²) in [6, 6.07) is 3.20. The molecule has 6 heteroatoms. The van der Waals surface area contributed by atoms with Gasteiger partial charge in [0.05, 0.1) is 23.4 Å². The molecule has 2 N–H and O–H groups in total. The smallest absolute Gasteiger partial charge is 0.257 e. The Morgan fingerprint density at radius 3 is 2.40 bits per heavy atom. The van der Waals surface area contributed by atoms with Crippen molar-refractivity contribution >= 4 is 35.6 Å². The summed E-state index contributed by atoms with van der Waals surface area (Å²) in [4.78, 5) is 14.4. The van der Waals surface area contributed by atoms with E-state index in [0.29, 0.717) is 22.0 Å². The van der Waals surface area contributed by atoms with Crippen molar-refractivity contribution < 1.29 is 9.53 Å². The Balaban J connectivity index is 0.00000200. The maximum atomic E-state index is 12.5. The molecule has 0 aromatic heterocycles. The SMILES string of the molecule is COc1cc(N)c(Cl)cc1C(=O)N1CCCCCC1.Cl. The number of rotatable bonds is 2. The lowest BCUT2D eigenvalue weighted by Gasteiger charge is -2.21. The van der Waals surface area contributed by atoms with E-state index in [1.807, 2.05) is 4.90 Å². The first-order valence-electron chi connectivity index (χ1n) is 6.55. The van der Waals surface area contributed by atoms with Crippen molar-refractivity contribution in [2.45, 2.75) is 25.7 Å². The number of methoxy groups -OCH3 is 1. The lowest BCUT2D eigenvalue weighted by molar-refractivity contribution is 0.0758. The van der Waals surface area contributed by atoms with Gasteiger partial charge in [0, 0.05) is 19.2 Å². The van der Waals surface area contributed by atoms with Gasteiger partial charge in [0.25, 0.3) is 5.91 Å². The van der Waals surface area contributed by atoms with Crippen molar-refractivity contribution in [2.24, 2.45) is 0 Å².